The van der Waals surface area contributed by atoms with E-state index in [0.717, 1.165) is 38.8 Å². The molecule has 2 aliphatic heterocycles. The average Bonchev–Trinajstić information content (AvgIpc) is 3.53. The number of carbonyl (C=O) groups is 1. The van der Waals surface area contributed by atoms with Gasteiger partial charge in [-0.3, -0.25) is 4.79 Å². The van der Waals surface area contributed by atoms with E-state index in [2.05, 4.69) is 39.1 Å². The van der Waals surface area contributed by atoms with Crippen LogP contribution in [0.2, 0.25) is 0 Å². The molecular weight excluding hydrogens is 346 g/mol. The zero-order valence-electron chi connectivity index (χ0n) is 17.4. The summed E-state index contributed by atoms with van der Waals surface area (Å²) in [6.07, 6.45) is 5.45. The molecule has 3 aliphatic rings. The summed E-state index contributed by atoms with van der Waals surface area (Å²) in [6.45, 7) is 10.2. The maximum Gasteiger partial charge on any atom is 0.320 e. The van der Waals surface area contributed by atoms with Gasteiger partial charge in [0.15, 0.2) is 0 Å². The van der Waals surface area contributed by atoms with Crippen molar-refractivity contribution < 1.29 is 23.7 Å². The van der Waals surface area contributed by atoms with Gasteiger partial charge < -0.3 is 24.3 Å². The smallest absolute Gasteiger partial charge is 0.320 e. The molecule has 0 radical (unpaired) electrons. The normalized spacial score (nSPS) is 39.9. The first-order valence-electron chi connectivity index (χ1n) is 10.2. The Morgan fingerprint density at radius 3 is 2.70 bits per heavy atom. The number of hydrogen-bond acceptors (Lipinski definition) is 6. The van der Waals surface area contributed by atoms with Crippen LogP contribution in [0.1, 0.15) is 53.4 Å². The lowest BCUT2D eigenvalue weighted by Crippen LogP contribution is -2.56. The largest absolute Gasteiger partial charge is 0.459 e. The second-order valence-electron chi connectivity index (χ2n) is 8.58. The zero-order valence-corrected chi connectivity index (χ0v) is 17.4. The summed E-state index contributed by atoms with van der Waals surface area (Å²) in [5.41, 5.74) is 0.816. The lowest BCUT2D eigenvalue weighted by molar-refractivity contribution is -0.170. The molecule has 1 spiro atoms. The molecule has 0 aromatic heterocycles. The Kier molecular flexibility index (Phi) is 6.31. The quantitative estimate of drug-likeness (QED) is 0.286. The molecule has 27 heavy (non-hydrogen) atoms. The van der Waals surface area contributed by atoms with Crippen LogP contribution in [0.15, 0.2) is 11.6 Å². The Morgan fingerprint density at radius 2 is 2.11 bits per heavy atom. The number of carbonyl (C=O) groups excluding carboxylic acids is 1. The van der Waals surface area contributed by atoms with Crippen LogP contribution in [0.3, 0.4) is 0 Å². The molecule has 3 fully saturated rings. The van der Waals surface area contributed by atoms with Crippen molar-refractivity contribution in [3.63, 3.8) is 0 Å². The molecule has 3 rings (SSSR count). The number of methoxy groups -OCH3 is 1. The molecule has 6 nitrogen and oxygen atoms in total. The first-order valence-corrected chi connectivity index (χ1v) is 10.2. The van der Waals surface area contributed by atoms with Gasteiger partial charge >= 0.3 is 5.97 Å². The Bertz CT molecular complexity index is 569. The lowest BCUT2D eigenvalue weighted by Gasteiger charge is -2.42. The minimum atomic E-state index is -0.297. The topological polar surface area (TPSA) is 72.6 Å². The molecule has 1 aliphatic carbocycles. The van der Waals surface area contributed by atoms with Crippen molar-refractivity contribution in [3.8, 4) is 0 Å². The molecule has 0 amide bonds. The number of esters is 1. The van der Waals surface area contributed by atoms with E-state index in [1.165, 1.54) is 5.57 Å². The van der Waals surface area contributed by atoms with Crippen molar-refractivity contribution in [2.75, 3.05) is 26.8 Å². The third kappa shape index (κ3) is 4.39. The van der Waals surface area contributed by atoms with Gasteiger partial charge in [0.2, 0.25) is 0 Å². The Labute approximate surface area is 162 Å². The van der Waals surface area contributed by atoms with Crippen LogP contribution in [-0.2, 0) is 23.7 Å². The number of hydrogen-bond donors (Lipinski definition) is 1. The summed E-state index contributed by atoms with van der Waals surface area (Å²) in [7, 11) is 1.70. The third-order valence-electron chi connectivity index (χ3n) is 6.22. The average molecular weight is 382 g/mol. The molecule has 6 atom stereocenters. The van der Waals surface area contributed by atoms with E-state index in [1.54, 1.807) is 7.11 Å². The van der Waals surface area contributed by atoms with Gasteiger partial charge in [-0.25, -0.2) is 0 Å². The Morgan fingerprint density at radius 1 is 1.37 bits per heavy atom. The maximum atomic E-state index is 12.2. The van der Waals surface area contributed by atoms with Gasteiger partial charge in [-0.15, -0.1) is 0 Å². The van der Waals surface area contributed by atoms with E-state index >= 15 is 0 Å². The molecule has 0 aromatic rings. The lowest BCUT2D eigenvalue weighted by atomic mass is 9.68. The Balaban J connectivity index is 1.68. The summed E-state index contributed by atoms with van der Waals surface area (Å²) in [5.74, 6) is -0.148. The molecule has 2 saturated heterocycles. The first-order chi connectivity index (χ1) is 12.9. The fourth-order valence-corrected chi connectivity index (χ4v) is 4.65. The van der Waals surface area contributed by atoms with Gasteiger partial charge in [0.05, 0.1) is 25.2 Å². The standard InChI is InChI=1S/C21H35NO5/c1-6-11-22-12-17(23)26-15-9-10-21(13-25-21)19(18(15)24-5)20(4)16(27-20)8-7-14(2)3/h7,15-16,18-19,22H,6,8-13H2,1-5H3/t15-,16-,18-,19-,20-,21+/m1/s1. The second kappa shape index (κ2) is 8.19. The van der Waals surface area contributed by atoms with Gasteiger partial charge in [0, 0.05) is 7.11 Å². The first kappa shape index (κ1) is 20.8. The molecule has 1 saturated carbocycles. The maximum absolute atomic E-state index is 12.2. The van der Waals surface area contributed by atoms with Gasteiger partial charge in [-0.05, 0) is 53.0 Å². The highest BCUT2D eigenvalue weighted by Crippen LogP contribution is 2.59. The predicted molar refractivity (Wildman–Crippen MR) is 103 cm³/mol. The van der Waals surface area contributed by atoms with E-state index in [4.69, 9.17) is 18.9 Å². The number of ether oxygens (including phenoxy) is 4. The summed E-state index contributed by atoms with van der Waals surface area (Å²) in [4.78, 5) is 12.2. The molecule has 2 heterocycles. The van der Waals surface area contributed by atoms with Crippen molar-refractivity contribution in [1.82, 2.24) is 5.32 Å². The molecule has 154 valence electrons. The molecule has 6 heteroatoms. The van der Waals surface area contributed by atoms with Crippen LogP contribution in [-0.4, -0.2) is 62.3 Å². The summed E-state index contributed by atoms with van der Waals surface area (Å²) in [6, 6.07) is 0. The predicted octanol–water partition coefficient (Wildman–Crippen LogP) is 2.61. The van der Waals surface area contributed by atoms with Crippen LogP contribution >= 0.6 is 0 Å². The zero-order chi connectivity index (χ0) is 19.7. The highest BCUT2D eigenvalue weighted by atomic mass is 16.6. The fraction of sp³-hybridized carbons (Fsp3) is 0.857. The van der Waals surface area contributed by atoms with Crippen LogP contribution in [0, 0.1) is 5.92 Å². The van der Waals surface area contributed by atoms with Crippen LogP contribution in [0.25, 0.3) is 0 Å². The van der Waals surface area contributed by atoms with Gasteiger partial charge in [-0.2, -0.15) is 0 Å². The molecule has 0 aromatic carbocycles. The van der Waals surface area contributed by atoms with E-state index in [0.29, 0.717) is 0 Å². The molecule has 0 bridgehead atoms. The summed E-state index contributed by atoms with van der Waals surface area (Å²) in [5, 5.41) is 3.10. The number of rotatable bonds is 9. The van der Waals surface area contributed by atoms with Crippen molar-refractivity contribution in [2.45, 2.75) is 82.9 Å². The van der Waals surface area contributed by atoms with Gasteiger partial charge in [-0.1, -0.05) is 18.6 Å². The van der Waals surface area contributed by atoms with Crippen molar-refractivity contribution >= 4 is 5.97 Å². The number of epoxide rings is 2. The Hall–Kier alpha value is -0.950. The van der Waals surface area contributed by atoms with Crippen molar-refractivity contribution in [1.29, 1.82) is 0 Å². The number of nitrogens with one attached hydrogen (secondary N) is 1. The molecule has 0 unspecified atom stereocenters. The third-order valence-corrected chi connectivity index (χ3v) is 6.22. The van der Waals surface area contributed by atoms with Crippen LogP contribution < -0.4 is 5.32 Å². The van der Waals surface area contributed by atoms with E-state index in [9.17, 15) is 4.79 Å². The van der Waals surface area contributed by atoms with Gasteiger partial charge in [0.1, 0.15) is 23.4 Å². The van der Waals surface area contributed by atoms with Crippen LogP contribution in [0.4, 0.5) is 0 Å². The van der Waals surface area contributed by atoms with Crippen molar-refractivity contribution in [3.05, 3.63) is 11.6 Å². The minimum Gasteiger partial charge on any atom is -0.459 e. The number of allylic oxidation sites excluding steroid dienone is 1. The van der Waals surface area contributed by atoms with Crippen LogP contribution in [0.5, 0.6) is 0 Å². The fourth-order valence-electron chi connectivity index (χ4n) is 4.65. The van der Waals surface area contributed by atoms with Gasteiger partial charge in [0.25, 0.3) is 0 Å². The summed E-state index contributed by atoms with van der Waals surface area (Å²) < 4.78 is 23.8. The minimum absolute atomic E-state index is 0.0701. The van der Waals surface area contributed by atoms with E-state index < -0.39 is 0 Å². The highest BCUT2D eigenvalue weighted by Gasteiger charge is 2.72. The molecular formula is C21H35NO5. The molecule has 1 N–H and O–H groups in total. The van der Waals surface area contributed by atoms with Crippen molar-refractivity contribution in [2.24, 2.45) is 5.92 Å². The second-order valence-corrected chi connectivity index (χ2v) is 8.58. The monoisotopic (exact) mass is 381 g/mol. The van der Waals surface area contributed by atoms with E-state index in [1.807, 2.05) is 0 Å². The SMILES string of the molecule is CCCNCC(=O)O[C@@H]1CC[C@]2(CO2)[C@@H]([C@]2(C)O[C@@H]2CC=C(C)C)[C@@H]1OC. The summed E-state index contributed by atoms with van der Waals surface area (Å²) >= 11 is 0. The highest BCUT2D eigenvalue weighted by molar-refractivity contribution is 5.71. The van der Waals surface area contributed by atoms with E-state index in [-0.39, 0.29) is 47.9 Å².